The summed E-state index contributed by atoms with van der Waals surface area (Å²) in [6, 6.07) is 19.9. The van der Waals surface area contributed by atoms with E-state index in [9.17, 15) is 4.79 Å². The van der Waals surface area contributed by atoms with E-state index in [1.807, 2.05) is 71.6 Å². The lowest BCUT2D eigenvalue weighted by Gasteiger charge is -2.23. The van der Waals surface area contributed by atoms with Crippen LogP contribution in [0.5, 0.6) is 0 Å². The smallest absolute Gasteiger partial charge is 0.227 e. The van der Waals surface area contributed by atoms with Crippen LogP contribution in [0.2, 0.25) is 0 Å². The number of carbonyl (C=O) groups excluding carboxylic acids is 1. The molecule has 108 valence electrons. The Morgan fingerprint density at radius 2 is 1.62 bits per heavy atom. The van der Waals surface area contributed by atoms with Crippen LogP contribution in [-0.4, -0.2) is 5.91 Å². The summed E-state index contributed by atoms with van der Waals surface area (Å²) in [6.45, 7) is 4.31. The maximum absolute atomic E-state index is 12.5. The van der Waals surface area contributed by atoms with Crippen LogP contribution in [0.4, 0.5) is 5.69 Å². The second-order valence-corrected chi connectivity index (χ2v) is 4.98. The van der Waals surface area contributed by atoms with Crippen LogP contribution in [0.1, 0.15) is 24.8 Å². The summed E-state index contributed by atoms with van der Waals surface area (Å²) >= 11 is 0. The van der Waals surface area contributed by atoms with Gasteiger partial charge in [0.15, 0.2) is 0 Å². The number of hydrogen-bond donors (Lipinski definition) is 0. The van der Waals surface area contributed by atoms with Gasteiger partial charge in [-0.15, -0.1) is 6.58 Å². The fourth-order valence-corrected chi connectivity index (χ4v) is 2.23. The molecule has 1 amide bonds. The fraction of sp³-hybridized carbons (Fsp3) is 0.211. The molecular weight excluding hydrogens is 258 g/mol. The van der Waals surface area contributed by atoms with E-state index in [4.69, 9.17) is 0 Å². The lowest BCUT2D eigenvalue weighted by atomic mass is 10.1. The number of allylic oxidation sites excluding steroid dienone is 1. The van der Waals surface area contributed by atoms with E-state index in [0.717, 1.165) is 24.1 Å². The summed E-state index contributed by atoms with van der Waals surface area (Å²) in [7, 11) is 0. The topological polar surface area (TPSA) is 20.3 Å². The summed E-state index contributed by atoms with van der Waals surface area (Å²) in [5.74, 6) is 0.159. The minimum Gasteiger partial charge on any atom is -0.308 e. The number of hydrogen-bond acceptors (Lipinski definition) is 1. The average molecular weight is 279 g/mol. The number of amides is 1. The molecule has 0 atom stereocenters. The molecule has 0 aliphatic heterocycles. The largest absolute Gasteiger partial charge is 0.308 e. The third kappa shape index (κ3) is 4.60. The zero-order valence-corrected chi connectivity index (χ0v) is 12.2. The van der Waals surface area contributed by atoms with Crippen molar-refractivity contribution < 1.29 is 4.79 Å². The first-order valence-corrected chi connectivity index (χ1v) is 7.31. The molecule has 0 aliphatic rings. The minimum absolute atomic E-state index is 0.159. The van der Waals surface area contributed by atoms with Crippen molar-refractivity contribution >= 4 is 11.6 Å². The van der Waals surface area contributed by atoms with Crippen molar-refractivity contribution in [1.29, 1.82) is 0 Å². The van der Waals surface area contributed by atoms with Gasteiger partial charge < -0.3 is 4.90 Å². The molecular formula is C19H21NO. The van der Waals surface area contributed by atoms with Gasteiger partial charge >= 0.3 is 0 Å². The maximum Gasteiger partial charge on any atom is 0.227 e. The fourth-order valence-electron chi connectivity index (χ4n) is 2.23. The molecule has 0 saturated carbocycles. The highest BCUT2D eigenvalue weighted by molar-refractivity contribution is 5.93. The van der Waals surface area contributed by atoms with Crippen molar-refractivity contribution in [3.05, 3.63) is 78.9 Å². The van der Waals surface area contributed by atoms with E-state index in [1.165, 1.54) is 0 Å². The zero-order chi connectivity index (χ0) is 14.9. The normalized spacial score (nSPS) is 10.1. The number of anilines is 1. The molecule has 21 heavy (non-hydrogen) atoms. The van der Waals surface area contributed by atoms with E-state index in [-0.39, 0.29) is 5.91 Å². The van der Waals surface area contributed by atoms with Gasteiger partial charge in [-0.1, -0.05) is 54.6 Å². The van der Waals surface area contributed by atoms with E-state index in [2.05, 4.69) is 6.58 Å². The Morgan fingerprint density at radius 1 is 1.00 bits per heavy atom. The molecule has 0 heterocycles. The van der Waals surface area contributed by atoms with Crippen LogP contribution in [0, 0.1) is 0 Å². The molecule has 0 saturated heterocycles. The third-order valence-corrected chi connectivity index (χ3v) is 3.35. The Kier molecular flexibility index (Phi) is 5.77. The van der Waals surface area contributed by atoms with Crippen molar-refractivity contribution in [2.75, 3.05) is 4.90 Å². The number of para-hydroxylation sites is 1. The summed E-state index contributed by atoms with van der Waals surface area (Å²) < 4.78 is 0. The highest BCUT2D eigenvalue weighted by atomic mass is 16.2. The lowest BCUT2D eigenvalue weighted by molar-refractivity contribution is -0.118. The molecule has 2 aromatic carbocycles. The Morgan fingerprint density at radius 3 is 2.24 bits per heavy atom. The van der Waals surface area contributed by atoms with Crippen molar-refractivity contribution in [3.63, 3.8) is 0 Å². The molecule has 0 aliphatic carbocycles. The van der Waals surface area contributed by atoms with Crippen LogP contribution >= 0.6 is 0 Å². The minimum atomic E-state index is 0.159. The predicted molar refractivity (Wildman–Crippen MR) is 88.1 cm³/mol. The molecule has 2 heteroatoms. The quantitative estimate of drug-likeness (QED) is 0.537. The lowest BCUT2D eigenvalue weighted by Crippen LogP contribution is -2.30. The third-order valence-electron chi connectivity index (χ3n) is 3.35. The van der Waals surface area contributed by atoms with Crippen LogP contribution in [0.3, 0.4) is 0 Å². The van der Waals surface area contributed by atoms with Gasteiger partial charge in [-0.05, 0) is 30.5 Å². The molecule has 2 nitrogen and oxygen atoms in total. The van der Waals surface area contributed by atoms with E-state index >= 15 is 0 Å². The van der Waals surface area contributed by atoms with Crippen molar-refractivity contribution in [2.24, 2.45) is 0 Å². The monoisotopic (exact) mass is 279 g/mol. The van der Waals surface area contributed by atoms with Crippen molar-refractivity contribution in [3.8, 4) is 0 Å². The molecule has 0 fully saturated rings. The van der Waals surface area contributed by atoms with Crippen LogP contribution in [0.15, 0.2) is 73.3 Å². The molecule has 2 aromatic rings. The first-order chi connectivity index (χ1) is 10.3. The Labute approximate surface area is 126 Å². The molecule has 0 unspecified atom stereocenters. The average Bonchev–Trinajstić information content (AvgIpc) is 2.54. The van der Waals surface area contributed by atoms with Gasteiger partial charge in [0.05, 0.1) is 6.54 Å². The maximum atomic E-state index is 12.5. The summed E-state index contributed by atoms with van der Waals surface area (Å²) in [5, 5.41) is 0. The number of rotatable bonds is 7. The van der Waals surface area contributed by atoms with Crippen molar-refractivity contribution in [2.45, 2.75) is 25.8 Å². The first-order valence-electron chi connectivity index (χ1n) is 7.31. The number of nitrogens with zero attached hydrogens (tertiary/aromatic N) is 1. The molecule has 0 bridgehead atoms. The van der Waals surface area contributed by atoms with Gasteiger partial charge in [-0.25, -0.2) is 0 Å². The molecule has 0 aromatic heterocycles. The second kappa shape index (κ2) is 8.05. The van der Waals surface area contributed by atoms with Gasteiger partial charge in [0.1, 0.15) is 0 Å². The number of carbonyl (C=O) groups is 1. The molecule has 2 rings (SSSR count). The van der Waals surface area contributed by atoms with Gasteiger partial charge in [0.2, 0.25) is 5.91 Å². The Balaban J connectivity index is 2.14. The summed E-state index contributed by atoms with van der Waals surface area (Å²) in [4.78, 5) is 14.4. The van der Waals surface area contributed by atoms with Crippen LogP contribution in [0.25, 0.3) is 0 Å². The first kappa shape index (κ1) is 15.0. The van der Waals surface area contributed by atoms with Crippen molar-refractivity contribution in [1.82, 2.24) is 0 Å². The number of benzene rings is 2. The standard InChI is InChI=1S/C19H21NO/c1-2-3-6-15-19(21)20(18-13-9-5-10-14-18)16-17-11-7-4-8-12-17/h2,4-5,7-14H,1,3,6,15-16H2. The SMILES string of the molecule is C=CCCCC(=O)N(Cc1ccccc1)c1ccccc1. The Hall–Kier alpha value is -2.35. The molecule has 0 N–H and O–H groups in total. The number of unbranched alkanes of at least 4 members (excludes halogenated alkanes) is 1. The van der Waals surface area contributed by atoms with Gasteiger partial charge in [0, 0.05) is 12.1 Å². The predicted octanol–water partition coefficient (Wildman–Crippen LogP) is 4.58. The molecule has 0 radical (unpaired) electrons. The van der Waals surface area contributed by atoms with E-state index in [0.29, 0.717) is 13.0 Å². The zero-order valence-electron chi connectivity index (χ0n) is 12.2. The van der Waals surface area contributed by atoms with Gasteiger partial charge in [-0.3, -0.25) is 4.79 Å². The summed E-state index contributed by atoms with van der Waals surface area (Å²) in [6.07, 6.45) is 4.13. The molecule has 0 spiro atoms. The van der Waals surface area contributed by atoms with Crippen LogP contribution in [-0.2, 0) is 11.3 Å². The summed E-state index contributed by atoms with van der Waals surface area (Å²) in [5.41, 5.74) is 2.09. The highest BCUT2D eigenvalue weighted by Crippen LogP contribution is 2.18. The van der Waals surface area contributed by atoms with Crippen LogP contribution < -0.4 is 4.90 Å². The van der Waals surface area contributed by atoms with Gasteiger partial charge in [0.25, 0.3) is 0 Å². The van der Waals surface area contributed by atoms with E-state index < -0.39 is 0 Å². The Bertz CT molecular complexity index is 563. The highest BCUT2D eigenvalue weighted by Gasteiger charge is 2.15. The van der Waals surface area contributed by atoms with E-state index in [1.54, 1.807) is 0 Å². The van der Waals surface area contributed by atoms with Gasteiger partial charge in [-0.2, -0.15) is 0 Å². The second-order valence-electron chi connectivity index (χ2n) is 4.98.